The van der Waals surface area contributed by atoms with Crippen LogP contribution in [0.2, 0.25) is 0 Å². The molecule has 3 nitrogen and oxygen atoms in total. The first-order valence-corrected chi connectivity index (χ1v) is 6.10. The van der Waals surface area contributed by atoms with Crippen LogP contribution in [-0.2, 0) is 5.60 Å². The van der Waals surface area contributed by atoms with E-state index in [-0.39, 0.29) is 6.61 Å². The molecule has 3 heteroatoms. The zero-order valence-corrected chi connectivity index (χ0v) is 10.9. The van der Waals surface area contributed by atoms with Crippen molar-refractivity contribution in [1.82, 2.24) is 4.90 Å². The summed E-state index contributed by atoms with van der Waals surface area (Å²) < 4.78 is 0. The van der Waals surface area contributed by atoms with E-state index in [1.807, 2.05) is 37.3 Å². The maximum absolute atomic E-state index is 10.5. The Balaban J connectivity index is 2.77. The summed E-state index contributed by atoms with van der Waals surface area (Å²) in [7, 11) is 0. The topological polar surface area (TPSA) is 43.7 Å². The highest BCUT2D eigenvalue weighted by molar-refractivity contribution is 5.21. The van der Waals surface area contributed by atoms with Gasteiger partial charge in [0, 0.05) is 19.1 Å². The molecule has 0 aromatic heterocycles. The maximum Gasteiger partial charge on any atom is 0.0994 e. The average Bonchev–Trinajstić information content (AvgIpc) is 2.29. The van der Waals surface area contributed by atoms with Crippen molar-refractivity contribution in [2.75, 3.05) is 19.7 Å². The Morgan fingerprint density at radius 1 is 1.24 bits per heavy atom. The van der Waals surface area contributed by atoms with E-state index in [2.05, 4.69) is 18.7 Å². The van der Waals surface area contributed by atoms with Crippen molar-refractivity contribution in [3.8, 4) is 0 Å². The molecule has 0 spiro atoms. The van der Waals surface area contributed by atoms with Gasteiger partial charge >= 0.3 is 0 Å². The highest BCUT2D eigenvalue weighted by Gasteiger charge is 2.26. The van der Waals surface area contributed by atoms with Gasteiger partial charge in [0.15, 0.2) is 0 Å². The van der Waals surface area contributed by atoms with Crippen LogP contribution in [0.25, 0.3) is 0 Å². The van der Waals surface area contributed by atoms with Gasteiger partial charge in [0.1, 0.15) is 0 Å². The molecule has 1 aromatic rings. The van der Waals surface area contributed by atoms with E-state index in [1.165, 1.54) is 0 Å². The molecule has 0 saturated carbocycles. The average molecular weight is 237 g/mol. The van der Waals surface area contributed by atoms with Crippen LogP contribution < -0.4 is 0 Å². The first-order chi connectivity index (χ1) is 7.97. The van der Waals surface area contributed by atoms with Crippen LogP contribution in [0.15, 0.2) is 30.3 Å². The molecular formula is C14H23NO2. The van der Waals surface area contributed by atoms with Crippen LogP contribution in [0.1, 0.15) is 26.3 Å². The van der Waals surface area contributed by atoms with Crippen molar-refractivity contribution in [2.24, 2.45) is 0 Å². The normalized spacial score (nSPS) is 15.2. The predicted octanol–water partition coefficient (Wildman–Crippen LogP) is 1.60. The summed E-state index contributed by atoms with van der Waals surface area (Å²) in [5.74, 6) is 0. The quantitative estimate of drug-likeness (QED) is 0.790. The molecule has 0 saturated heterocycles. The van der Waals surface area contributed by atoms with E-state index in [9.17, 15) is 5.11 Å². The molecule has 0 amide bonds. The molecule has 1 unspecified atom stereocenters. The zero-order valence-electron chi connectivity index (χ0n) is 10.9. The third-order valence-corrected chi connectivity index (χ3v) is 3.02. The molecule has 96 valence electrons. The van der Waals surface area contributed by atoms with Gasteiger partial charge in [0.2, 0.25) is 0 Å². The largest absolute Gasteiger partial charge is 0.395 e. The molecule has 0 heterocycles. The molecule has 0 bridgehead atoms. The van der Waals surface area contributed by atoms with Crippen molar-refractivity contribution in [1.29, 1.82) is 0 Å². The Morgan fingerprint density at radius 3 is 2.29 bits per heavy atom. The third-order valence-electron chi connectivity index (χ3n) is 3.02. The van der Waals surface area contributed by atoms with E-state index >= 15 is 0 Å². The minimum Gasteiger partial charge on any atom is -0.395 e. The molecule has 0 aliphatic rings. The monoisotopic (exact) mass is 237 g/mol. The first-order valence-electron chi connectivity index (χ1n) is 6.10. The number of hydrogen-bond donors (Lipinski definition) is 2. The van der Waals surface area contributed by atoms with Crippen LogP contribution in [0.5, 0.6) is 0 Å². The summed E-state index contributed by atoms with van der Waals surface area (Å²) >= 11 is 0. The number of nitrogens with zero attached hydrogens (tertiary/aromatic N) is 1. The van der Waals surface area contributed by atoms with E-state index in [0.717, 1.165) is 5.56 Å². The number of rotatable bonds is 6. The van der Waals surface area contributed by atoms with Crippen LogP contribution in [0.4, 0.5) is 0 Å². The predicted molar refractivity (Wildman–Crippen MR) is 69.8 cm³/mol. The van der Waals surface area contributed by atoms with Crippen LogP contribution in [0.3, 0.4) is 0 Å². The Morgan fingerprint density at radius 2 is 1.82 bits per heavy atom. The molecule has 0 aliphatic heterocycles. The molecule has 17 heavy (non-hydrogen) atoms. The summed E-state index contributed by atoms with van der Waals surface area (Å²) in [6.45, 7) is 7.17. The summed E-state index contributed by atoms with van der Waals surface area (Å²) in [6.07, 6.45) is 0. The van der Waals surface area contributed by atoms with Crippen molar-refractivity contribution in [3.63, 3.8) is 0 Å². The summed E-state index contributed by atoms with van der Waals surface area (Å²) in [5, 5.41) is 19.5. The second-order valence-corrected chi connectivity index (χ2v) is 4.93. The van der Waals surface area contributed by atoms with E-state index in [4.69, 9.17) is 5.11 Å². The van der Waals surface area contributed by atoms with Crippen LogP contribution >= 0.6 is 0 Å². The van der Waals surface area contributed by atoms with Crippen molar-refractivity contribution >= 4 is 0 Å². The van der Waals surface area contributed by atoms with Gasteiger partial charge in [-0.3, -0.25) is 4.90 Å². The van der Waals surface area contributed by atoms with Gasteiger partial charge < -0.3 is 10.2 Å². The summed E-state index contributed by atoms with van der Waals surface area (Å²) in [6, 6.07) is 9.95. The Kier molecular flexibility index (Phi) is 5.12. The lowest BCUT2D eigenvalue weighted by Crippen LogP contribution is -2.43. The second-order valence-electron chi connectivity index (χ2n) is 4.93. The lowest BCUT2D eigenvalue weighted by molar-refractivity contribution is 0.00159. The minimum atomic E-state index is -0.888. The highest BCUT2D eigenvalue weighted by atomic mass is 16.3. The fourth-order valence-electron chi connectivity index (χ4n) is 1.93. The summed E-state index contributed by atoms with van der Waals surface area (Å²) in [4.78, 5) is 2.08. The Bertz CT molecular complexity index is 322. The summed E-state index contributed by atoms with van der Waals surface area (Å²) in [5.41, 5.74) is 0.0179. The molecule has 1 atom stereocenters. The van der Waals surface area contributed by atoms with Gasteiger partial charge in [0.25, 0.3) is 0 Å². The molecule has 1 rings (SSSR count). The third kappa shape index (κ3) is 4.11. The van der Waals surface area contributed by atoms with Gasteiger partial charge in [-0.25, -0.2) is 0 Å². The number of hydrogen-bond acceptors (Lipinski definition) is 3. The molecular weight excluding hydrogens is 214 g/mol. The molecule has 0 aliphatic carbocycles. The van der Waals surface area contributed by atoms with Gasteiger partial charge in [0.05, 0.1) is 12.2 Å². The molecule has 2 N–H and O–H groups in total. The van der Waals surface area contributed by atoms with Crippen molar-refractivity contribution < 1.29 is 10.2 Å². The SMILES string of the molecule is CC(C)N(CCO)CC(C)(O)c1ccccc1. The Hall–Kier alpha value is -0.900. The van der Waals surface area contributed by atoms with Crippen molar-refractivity contribution in [2.45, 2.75) is 32.4 Å². The van der Waals surface area contributed by atoms with Gasteiger partial charge in [-0.05, 0) is 26.3 Å². The minimum absolute atomic E-state index is 0.114. The van der Waals surface area contributed by atoms with Crippen LogP contribution in [-0.4, -0.2) is 40.9 Å². The van der Waals surface area contributed by atoms with E-state index in [0.29, 0.717) is 19.1 Å². The lowest BCUT2D eigenvalue weighted by Gasteiger charge is -2.34. The number of aliphatic hydroxyl groups is 2. The molecule has 0 radical (unpaired) electrons. The standard InChI is InChI=1S/C14H23NO2/c1-12(2)15(9-10-16)11-14(3,17)13-7-5-4-6-8-13/h4-8,12,16-17H,9-11H2,1-3H3. The zero-order chi connectivity index (χ0) is 12.9. The van der Waals surface area contributed by atoms with Gasteiger partial charge in [-0.2, -0.15) is 0 Å². The lowest BCUT2D eigenvalue weighted by atomic mass is 9.95. The molecule has 0 fully saturated rings. The first kappa shape index (κ1) is 14.2. The fourth-order valence-corrected chi connectivity index (χ4v) is 1.93. The van der Waals surface area contributed by atoms with Gasteiger partial charge in [-0.1, -0.05) is 30.3 Å². The van der Waals surface area contributed by atoms with Crippen molar-refractivity contribution in [3.05, 3.63) is 35.9 Å². The van der Waals surface area contributed by atoms with Crippen LogP contribution in [0, 0.1) is 0 Å². The molecule has 1 aromatic carbocycles. The smallest absolute Gasteiger partial charge is 0.0994 e. The number of benzene rings is 1. The highest BCUT2D eigenvalue weighted by Crippen LogP contribution is 2.22. The fraction of sp³-hybridized carbons (Fsp3) is 0.571. The van der Waals surface area contributed by atoms with E-state index < -0.39 is 5.60 Å². The van der Waals surface area contributed by atoms with Gasteiger partial charge in [-0.15, -0.1) is 0 Å². The van der Waals surface area contributed by atoms with E-state index in [1.54, 1.807) is 0 Å². The maximum atomic E-state index is 10.5. The Labute approximate surface area is 104 Å². The second kappa shape index (κ2) is 6.15. The number of aliphatic hydroxyl groups excluding tert-OH is 1.